The van der Waals surface area contributed by atoms with Gasteiger partial charge in [0, 0.05) is 42.6 Å². The van der Waals surface area contributed by atoms with Gasteiger partial charge in [0.05, 0.1) is 0 Å². The lowest BCUT2D eigenvalue weighted by Gasteiger charge is -2.20. The Morgan fingerprint density at radius 1 is 1.16 bits per heavy atom. The summed E-state index contributed by atoms with van der Waals surface area (Å²) in [5.74, 6) is 0.526. The Morgan fingerprint density at radius 2 is 1.94 bits per heavy atom. The topological polar surface area (TPSA) is 88.9 Å². The Bertz CT molecular complexity index is 1060. The fourth-order valence-electron chi connectivity index (χ4n) is 4.56. The number of amides is 2. The molecule has 7 nitrogen and oxygen atoms in total. The van der Waals surface area contributed by atoms with E-state index in [4.69, 9.17) is 9.15 Å². The Labute approximate surface area is 181 Å². The molecule has 7 heteroatoms. The van der Waals surface area contributed by atoms with Crippen LogP contribution in [0.2, 0.25) is 0 Å². The first kappa shape index (κ1) is 21.4. The summed E-state index contributed by atoms with van der Waals surface area (Å²) in [6, 6.07) is 3.79. The summed E-state index contributed by atoms with van der Waals surface area (Å²) >= 11 is 0. The van der Waals surface area contributed by atoms with Crippen molar-refractivity contribution in [1.82, 2.24) is 10.2 Å². The smallest absolute Gasteiger partial charge is 0.339 e. The van der Waals surface area contributed by atoms with Crippen LogP contribution in [-0.2, 0) is 22.4 Å². The number of nitrogens with zero attached hydrogens (tertiary/aromatic N) is 1. The van der Waals surface area contributed by atoms with E-state index in [1.54, 1.807) is 6.92 Å². The van der Waals surface area contributed by atoms with Gasteiger partial charge in [-0.15, -0.1) is 0 Å². The number of nitrogens with one attached hydrogen (secondary N) is 1. The van der Waals surface area contributed by atoms with Crippen molar-refractivity contribution in [2.75, 3.05) is 19.6 Å². The van der Waals surface area contributed by atoms with Crippen LogP contribution in [-0.4, -0.2) is 42.5 Å². The number of aryl methyl sites for hydroxylation is 2. The third kappa shape index (κ3) is 4.45. The Balaban J connectivity index is 1.39. The fraction of sp³-hybridized carbons (Fsp3) is 0.542. The van der Waals surface area contributed by atoms with Crippen LogP contribution >= 0.6 is 0 Å². The predicted octanol–water partition coefficient (Wildman–Crippen LogP) is 2.88. The van der Waals surface area contributed by atoms with Crippen LogP contribution in [0.25, 0.3) is 11.0 Å². The number of benzene rings is 1. The summed E-state index contributed by atoms with van der Waals surface area (Å²) in [4.78, 5) is 38.4. The second-order valence-electron chi connectivity index (χ2n) is 8.51. The highest BCUT2D eigenvalue weighted by molar-refractivity contribution is 5.86. The number of hydrogen-bond donors (Lipinski definition) is 1. The van der Waals surface area contributed by atoms with Gasteiger partial charge in [0.25, 0.3) is 5.91 Å². The zero-order valence-electron chi connectivity index (χ0n) is 18.3. The van der Waals surface area contributed by atoms with Gasteiger partial charge < -0.3 is 19.4 Å². The fourth-order valence-corrected chi connectivity index (χ4v) is 4.56. The van der Waals surface area contributed by atoms with Crippen molar-refractivity contribution in [2.24, 2.45) is 0 Å². The molecule has 1 saturated heterocycles. The SMILES string of the molecule is Cc1c(O[C@@H](C)C(=O)NCCCN2CCCC2=O)ccc2c3c(c(=O)oc12)CCCC3. The first-order chi connectivity index (χ1) is 15.0. The van der Waals surface area contributed by atoms with Gasteiger partial charge >= 0.3 is 5.63 Å². The van der Waals surface area contributed by atoms with Crippen LogP contribution in [0, 0.1) is 6.92 Å². The molecule has 1 aromatic carbocycles. The summed E-state index contributed by atoms with van der Waals surface area (Å²) in [5.41, 5.74) is 2.91. The molecular weight excluding hydrogens is 396 g/mol. The number of carbonyl (C=O) groups is 2. The average Bonchev–Trinajstić information content (AvgIpc) is 3.18. The minimum absolute atomic E-state index is 0.197. The molecule has 1 atom stereocenters. The second kappa shape index (κ2) is 9.12. The van der Waals surface area contributed by atoms with Crippen molar-refractivity contribution in [3.8, 4) is 5.75 Å². The normalized spacial score (nSPS) is 17.0. The largest absolute Gasteiger partial charge is 0.480 e. The second-order valence-corrected chi connectivity index (χ2v) is 8.51. The van der Waals surface area contributed by atoms with Gasteiger partial charge in [-0.2, -0.15) is 0 Å². The van der Waals surface area contributed by atoms with E-state index in [2.05, 4.69) is 5.32 Å². The zero-order valence-corrected chi connectivity index (χ0v) is 18.3. The number of ether oxygens (including phenoxy) is 1. The molecule has 2 aromatic rings. The number of likely N-dealkylation sites (tertiary alicyclic amines) is 1. The first-order valence-corrected chi connectivity index (χ1v) is 11.3. The van der Waals surface area contributed by atoms with E-state index in [-0.39, 0.29) is 17.4 Å². The molecule has 1 fully saturated rings. The maximum atomic E-state index is 12.4. The van der Waals surface area contributed by atoms with Gasteiger partial charge in [0.1, 0.15) is 11.3 Å². The number of hydrogen-bond acceptors (Lipinski definition) is 5. The summed E-state index contributed by atoms with van der Waals surface area (Å²) in [7, 11) is 0. The molecule has 2 heterocycles. The molecule has 0 radical (unpaired) electrons. The molecule has 1 N–H and O–H groups in total. The van der Waals surface area contributed by atoms with E-state index in [1.165, 1.54) is 0 Å². The van der Waals surface area contributed by atoms with Crippen LogP contribution in [0.5, 0.6) is 5.75 Å². The van der Waals surface area contributed by atoms with Gasteiger partial charge in [0.2, 0.25) is 5.91 Å². The van der Waals surface area contributed by atoms with Crippen LogP contribution in [0.15, 0.2) is 21.3 Å². The quantitative estimate of drug-likeness (QED) is 0.543. The van der Waals surface area contributed by atoms with Crippen LogP contribution in [0.4, 0.5) is 0 Å². The van der Waals surface area contributed by atoms with Gasteiger partial charge in [0.15, 0.2) is 6.10 Å². The molecule has 0 unspecified atom stereocenters. The minimum Gasteiger partial charge on any atom is -0.480 e. The van der Waals surface area contributed by atoms with Crippen molar-refractivity contribution in [2.45, 2.75) is 64.9 Å². The van der Waals surface area contributed by atoms with Crippen molar-refractivity contribution in [1.29, 1.82) is 0 Å². The highest BCUT2D eigenvalue weighted by Gasteiger charge is 2.22. The minimum atomic E-state index is -0.686. The summed E-state index contributed by atoms with van der Waals surface area (Å²) in [6.45, 7) is 5.53. The lowest BCUT2D eigenvalue weighted by Crippen LogP contribution is -2.38. The van der Waals surface area contributed by atoms with E-state index < -0.39 is 6.10 Å². The van der Waals surface area contributed by atoms with Crippen molar-refractivity contribution in [3.63, 3.8) is 0 Å². The molecule has 31 heavy (non-hydrogen) atoms. The predicted molar refractivity (Wildman–Crippen MR) is 117 cm³/mol. The molecule has 0 spiro atoms. The molecule has 4 rings (SSSR count). The molecule has 1 aromatic heterocycles. The Morgan fingerprint density at radius 3 is 2.68 bits per heavy atom. The third-order valence-corrected chi connectivity index (χ3v) is 6.34. The maximum Gasteiger partial charge on any atom is 0.339 e. The third-order valence-electron chi connectivity index (χ3n) is 6.34. The molecule has 166 valence electrons. The van der Waals surface area contributed by atoms with Gasteiger partial charge in [-0.3, -0.25) is 9.59 Å². The summed E-state index contributed by atoms with van der Waals surface area (Å²) in [5, 5.41) is 3.84. The lowest BCUT2D eigenvalue weighted by atomic mass is 9.90. The van der Waals surface area contributed by atoms with Gasteiger partial charge in [-0.05, 0) is 70.1 Å². The van der Waals surface area contributed by atoms with Crippen molar-refractivity contribution >= 4 is 22.8 Å². The average molecular weight is 427 g/mol. The van der Waals surface area contributed by atoms with Crippen molar-refractivity contribution < 1.29 is 18.7 Å². The van der Waals surface area contributed by atoms with Crippen LogP contribution < -0.4 is 15.7 Å². The first-order valence-electron chi connectivity index (χ1n) is 11.3. The van der Waals surface area contributed by atoms with E-state index in [1.807, 2.05) is 24.0 Å². The molecule has 0 saturated carbocycles. The zero-order chi connectivity index (χ0) is 22.0. The lowest BCUT2D eigenvalue weighted by molar-refractivity contribution is -0.127. The van der Waals surface area contributed by atoms with Crippen LogP contribution in [0.3, 0.4) is 0 Å². The molecule has 1 aliphatic heterocycles. The highest BCUT2D eigenvalue weighted by Crippen LogP contribution is 2.32. The monoisotopic (exact) mass is 426 g/mol. The summed E-state index contributed by atoms with van der Waals surface area (Å²) < 4.78 is 11.6. The Kier molecular flexibility index (Phi) is 6.30. The van der Waals surface area contributed by atoms with Gasteiger partial charge in [-0.1, -0.05) is 0 Å². The number of rotatable bonds is 7. The standard InChI is InChI=1S/C24H30N2O5/c1-15-20(11-10-18-17-7-3-4-8-19(17)24(29)31-22(15)18)30-16(2)23(28)25-12-6-14-26-13-5-9-21(26)27/h10-11,16H,3-9,12-14H2,1-2H3,(H,25,28)/t16-/m0/s1. The molecule has 0 bridgehead atoms. The van der Waals surface area contributed by atoms with E-state index in [0.29, 0.717) is 30.8 Å². The number of carbonyl (C=O) groups excluding carboxylic acids is 2. The molecule has 2 aliphatic rings. The van der Waals surface area contributed by atoms with Crippen LogP contribution in [0.1, 0.15) is 55.7 Å². The Hall–Kier alpha value is -2.83. The summed E-state index contributed by atoms with van der Waals surface area (Å²) in [6.07, 6.45) is 5.34. The van der Waals surface area contributed by atoms with E-state index in [0.717, 1.165) is 67.1 Å². The highest BCUT2D eigenvalue weighted by atomic mass is 16.5. The van der Waals surface area contributed by atoms with E-state index in [9.17, 15) is 14.4 Å². The maximum absolute atomic E-state index is 12.4. The van der Waals surface area contributed by atoms with Crippen molar-refractivity contribution in [3.05, 3.63) is 39.2 Å². The van der Waals surface area contributed by atoms with Gasteiger partial charge in [-0.25, -0.2) is 4.79 Å². The number of fused-ring (bicyclic) bond motifs is 3. The molecule has 2 amide bonds. The van der Waals surface area contributed by atoms with E-state index >= 15 is 0 Å². The molecule has 1 aliphatic carbocycles. The molecular formula is C24H30N2O5.